The van der Waals surface area contributed by atoms with Gasteiger partial charge in [0.05, 0.1) is 45.1 Å². The number of fused-ring (bicyclic) bond motifs is 1. The minimum Gasteiger partial charge on any atom is -0.507 e. The van der Waals surface area contributed by atoms with Crippen LogP contribution in [0.1, 0.15) is 80.5 Å². The number of benzene rings is 3. The number of nitrogens with zero attached hydrogens (tertiary/aromatic N) is 8. The number of phenols is 1. The number of aliphatic hydroxyl groups is 1. The highest BCUT2D eigenvalue weighted by Gasteiger charge is 2.43. The lowest BCUT2D eigenvalue weighted by molar-refractivity contribution is -0.141. The van der Waals surface area contributed by atoms with Gasteiger partial charge in [0.25, 0.3) is 0 Å². The number of phenolic OH excluding ortho intramolecular Hbond substituents is 1. The molecule has 6 heterocycles. The van der Waals surface area contributed by atoms with Crippen LogP contribution in [0.4, 0.5) is 5.95 Å². The zero-order chi connectivity index (χ0) is 43.8. The summed E-state index contributed by atoms with van der Waals surface area (Å²) in [5.74, 6) is -0.104. The Morgan fingerprint density at radius 1 is 0.905 bits per heavy atom. The molecule has 0 bridgehead atoms. The first-order valence-electron chi connectivity index (χ1n) is 21.4. The number of aromatic nitrogens is 6. The number of aliphatic hydroxyl groups excluding tert-OH is 1. The number of hydrogen-bond acceptors (Lipinski definition) is 13. The van der Waals surface area contributed by atoms with E-state index in [-0.39, 0.29) is 42.5 Å². The number of carbonyl (C=O) groups is 2. The zero-order valence-corrected chi connectivity index (χ0v) is 36.4. The number of β-amino-alcohol motifs (C(OH)–C–C–N with tert-alkyl or cyclic N) is 1. The summed E-state index contributed by atoms with van der Waals surface area (Å²) in [5, 5.41) is 38.3. The number of anilines is 1. The number of hydrogen-bond donors (Lipinski definition) is 3. The first-order chi connectivity index (χ1) is 30.5. The molecule has 4 aromatic heterocycles. The average molecular weight is 864 g/mol. The standard InChI is InChI=1S/C48H49N9O5S/c1-27(2)44(47(61)57-25-35(58)23-41(57)46(60)51-28(3)30-9-11-32(12-10-30)45-29(4)50-26-63-45)43-24-40(55-62-43)38-15-18-49-48(52-38)56-19-16-31(17-20-56)33-13-14-37-34(21-33)22-39(54-53-37)36-7-5-6-8-42(36)59/h5-15,18,21-22,24,26-28,31,35,41,44,58-59H,16-17,19-20,23,25H2,1-4H3,(H,51,60)/t28-,35+,41-,44-/m0/s1. The highest BCUT2D eigenvalue weighted by molar-refractivity contribution is 7.13. The van der Waals surface area contributed by atoms with Crippen molar-refractivity contribution >= 4 is 40.0 Å². The quantitative estimate of drug-likeness (QED) is 0.115. The topological polar surface area (TPSA) is 184 Å². The molecule has 9 rings (SSSR count). The van der Waals surface area contributed by atoms with E-state index in [1.807, 2.05) is 81.7 Å². The molecule has 2 aliphatic rings. The van der Waals surface area contributed by atoms with Crippen molar-refractivity contribution in [1.82, 2.24) is 40.5 Å². The molecule has 3 N–H and O–H groups in total. The lowest BCUT2D eigenvalue weighted by atomic mass is 9.89. The number of nitrogens with one attached hydrogen (secondary N) is 1. The van der Waals surface area contributed by atoms with E-state index in [0.717, 1.165) is 58.5 Å². The van der Waals surface area contributed by atoms with Gasteiger partial charge >= 0.3 is 0 Å². The van der Waals surface area contributed by atoms with Gasteiger partial charge in [-0.15, -0.1) is 21.5 Å². The summed E-state index contributed by atoms with van der Waals surface area (Å²) in [5.41, 5.74) is 9.15. The summed E-state index contributed by atoms with van der Waals surface area (Å²) in [6.07, 6.45) is 2.82. The van der Waals surface area contributed by atoms with E-state index in [0.29, 0.717) is 40.3 Å². The Morgan fingerprint density at radius 3 is 2.44 bits per heavy atom. The van der Waals surface area contributed by atoms with Crippen LogP contribution in [0.15, 0.2) is 101 Å². The van der Waals surface area contributed by atoms with E-state index in [4.69, 9.17) is 9.51 Å². The van der Waals surface area contributed by atoms with Crippen molar-refractivity contribution < 1.29 is 24.3 Å². The maximum Gasteiger partial charge on any atom is 0.243 e. The fourth-order valence-corrected chi connectivity index (χ4v) is 9.68. The van der Waals surface area contributed by atoms with Gasteiger partial charge in [0.2, 0.25) is 17.8 Å². The van der Waals surface area contributed by atoms with Crippen LogP contribution in [0.2, 0.25) is 0 Å². The largest absolute Gasteiger partial charge is 0.507 e. The van der Waals surface area contributed by atoms with Crippen molar-refractivity contribution in [3.8, 4) is 38.8 Å². The molecule has 0 unspecified atom stereocenters. The van der Waals surface area contributed by atoms with E-state index in [9.17, 15) is 19.8 Å². The second-order valence-electron chi connectivity index (χ2n) is 16.9. The van der Waals surface area contributed by atoms with Crippen LogP contribution in [0.25, 0.3) is 44.0 Å². The van der Waals surface area contributed by atoms with Gasteiger partial charge in [-0.3, -0.25) is 9.59 Å². The SMILES string of the molecule is Cc1ncsc1-c1ccc([C@H](C)NC(=O)[C@@H]2C[C@@H](O)CN2C(=O)[C@H](c2cc(-c3ccnc(N4CCC(c5ccc6nnc(-c7ccccc7O)cc6c5)CC4)n3)no2)C(C)C)cc1. The van der Waals surface area contributed by atoms with Gasteiger partial charge in [-0.2, -0.15) is 0 Å². The van der Waals surface area contributed by atoms with Gasteiger partial charge in [-0.1, -0.05) is 61.5 Å². The summed E-state index contributed by atoms with van der Waals surface area (Å²) >= 11 is 1.59. The number of aromatic hydroxyl groups is 1. The third-order valence-electron chi connectivity index (χ3n) is 12.4. The van der Waals surface area contributed by atoms with Crippen LogP contribution in [-0.2, 0) is 9.59 Å². The lowest BCUT2D eigenvalue weighted by Gasteiger charge is -2.32. The van der Waals surface area contributed by atoms with Crippen LogP contribution in [0.5, 0.6) is 5.75 Å². The zero-order valence-electron chi connectivity index (χ0n) is 35.5. The van der Waals surface area contributed by atoms with Crippen LogP contribution >= 0.6 is 11.3 Å². The molecule has 7 aromatic rings. The van der Waals surface area contributed by atoms with Crippen LogP contribution in [-0.4, -0.2) is 89.0 Å². The molecular formula is C48H49N9O5S. The molecule has 0 spiro atoms. The van der Waals surface area contributed by atoms with Crippen molar-refractivity contribution in [3.05, 3.63) is 119 Å². The highest BCUT2D eigenvalue weighted by atomic mass is 32.1. The van der Waals surface area contributed by atoms with Crippen molar-refractivity contribution in [2.24, 2.45) is 5.92 Å². The molecule has 2 saturated heterocycles. The van der Waals surface area contributed by atoms with Crippen molar-refractivity contribution in [2.45, 2.75) is 77.0 Å². The lowest BCUT2D eigenvalue weighted by Crippen LogP contribution is -2.48. The summed E-state index contributed by atoms with van der Waals surface area (Å²) in [7, 11) is 0. The van der Waals surface area contributed by atoms with Gasteiger partial charge in [-0.25, -0.2) is 15.0 Å². The Morgan fingerprint density at radius 2 is 1.70 bits per heavy atom. The first kappa shape index (κ1) is 41.8. The van der Waals surface area contributed by atoms with Crippen molar-refractivity contribution in [3.63, 3.8) is 0 Å². The molecule has 63 heavy (non-hydrogen) atoms. The smallest absolute Gasteiger partial charge is 0.243 e. The Bertz CT molecular complexity index is 2760. The van der Waals surface area contributed by atoms with Gasteiger partial charge < -0.3 is 29.9 Å². The number of rotatable bonds is 11. The Hall–Kier alpha value is -6.58. The van der Waals surface area contributed by atoms with E-state index >= 15 is 0 Å². The molecule has 4 atom stereocenters. The van der Waals surface area contributed by atoms with Crippen molar-refractivity contribution in [2.75, 3.05) is 24.5 Å². The number of piperidine rings is 1. The number of aryl methyl sites for hydroxylation is 1. The predicted molar refractivity (Wildman–Crippen MR) is 241 cm³/mol. The molecule has 0 radical (unpaired) electrons. The molecule has 14 nitrogen and oxygen atoms in total. The number of para-hydroxylation sites is 1. The van der Waals surface area contributed by atoms with Crippen LogP contribution < -0.4 is 10.2 Å². The molecule has 3 aromatic carbocycles. The van der Waals surface area contributed by atoms with Gasteiger partial charge in [0.1, 0.15) is 29.2 Å². The predicted octanol–water partition coefficient (Wildman–Crippen LogP) is 7.84. The normalized spacial score (nSPS) is 17.9. The molecule has 0 aliphatic carbocycles. The maximum absolute atomic E-state index is 14.4. The number of carbonyl (C=O) groups excluding carboxylic acids is 2. The maximum atomic E-state index is 14.4. The van der Waals surface area contributed by atoms with Gasteiger partial charge in [0, 0.05) is 49.3 Å². The van der Waals surface area contributed by atoms with Crippen molar-refractivity contribution in [1.29, 1.82) is 0 Å². The molecule has 2 fully saturated rings. The van der Waals surface area contributed by atoms with Crippen LogP contribution in [0, 0.1) is 12.8 Å². The third-order valence-corrected chi connectivity index (χ3v) is 13.3. The molecular weight excluding hydrogens is 815 g/mol. The second kappa shape index (κ2) is 17.7. The van der Waals surface area contributed by atoms with E-state index in [1.165, 1.54) is 10.5 Å². The monoisotopic (exact) mass is 863 g/mol. The van der Waals surface area contributed by atoms with Gasteiger partial charge in [-0.05, 0) is 91.6 Å². The fraction of sp³-hybridized carbons (Fsp3) is 0.333. The molecule has 0 saturated carbocycles. The fourth-order valence-electron chi connectivity index (χ4n) is 8.87. The Kier molecular flexibility index (Phi) is 11.7. The molecule has 2 amide bonds. The minimum atomic E-state index is -0.843. The summed E-state index contributed by atoms with van der Waals surface area (Å²) in [6, 6.07) is 25.8. The first-order valence-corrected chi connectivity index (χ1v) is 22.3. The van der Waals surface area contributed by atoms with E-state index in [2.05, 4.69) is 47.7 Å². The third kappa shape index (κ3) is 8.62. The summed E-state index contributed by atoms with van der Waals surface area (Å²) in [4.78, 5) is 46.8. The molecule has 15 heteroatoms. The van der Waals surface area contributed by atoms with E-state index < -0.39 is 18.1 Å². The molecule has 2 aliphatic heterocycles. The number of amides is 2. The van der Waals surface area contributed by atoms with E-state index in [1.54, 1.807) is 41.8 Å². The second-order valence-corrected chi connectivity index (χ2v) is 17.8. The Labute approximate surface area is 369 Å². The van der Waals surface area contributed by atoms with Gasteiger partial charge in [0.15, 0.2) is 0 Å². The Balaban J connectivity index is 0.851. The molecule has 322 valence electrons. The number of likely N-dealkylation sites (tertiary alicyclic amines) is 1. The summed E-state index contributed by atoms with van der Waals surface area (Å²) < 4.78 is 5.87. The highest BCUT2D eigenvalue weighted by Crippen LogP contribution is 2.36. The minimum absolute atomic E-state index is 0.0422. The average Bonchev–Trinajstić information content (AvgIpc) is 4.06. The van der Waals surface area contributed by atoms with Crippen LogP contribution in [0.3, 0.4) is 0 Å². The summed E-state index contributed by atoms with van der Waals surface area (Å²) in [6.45, 7) is 9.31. The number of thiazole rings is 1.